The van der Waals surface area contributed by atoms with Gasteiger partial charge in [-0.1, -0.05) is 54.6 Å². The van der Waals surface area contributed by atoms with Crippen LogP contribution in [0.1, 0.15) is 34.8 Å². The van der Waals surface area contributed by atoms with Crippen LogP contribution in [-0.2, 0) is 33.6 Å². The second-order valence-corrected chi connectivity index (χ2v) is 7.76. The summed E-state index contributed by atoms with van der Waals surface area (Å²) in [5.41, 5.74) is 11.6. The molecule has 1 unspecified atom stereocenters. The van der Waals surface area contributed by atoms with E-state index < -0.39 is 0 Å². The first-order valence-corrected chi connectivity index (χ1v) is 10.4. The van der Waals surface area contributed by atoms with Gasteiger partial charge in [0, 0.05) is 5.56 Å². The summed E-state index contributed by atoms with van der Waals surface area (Å²) in [6.07, 6.45) is 2.15. The van der Waals surface area contributed by atoms with Gasteiger partial charge in [0.05, 0.1) is 20.0 Å². The Morgan fingerprint density at radius 2 is 1.77 bits per heavy atom. The Balaban J connectivity index is 1.60. The van der Waals surface area contributed by atoms with Crippen molar-refractivity contribution in [2.75, 3.05) is 7.11 Å². The summed E-state index contributed by atoms with van der Waals surface area (Å²) in [6, 6.07) is 21.9. The predicted octanol–water partition coefficient (Wildman–Crippen LogP) is 4.16. The number of hydrogen-bond donors (Lipinski definition) is 1. The topological polar surface area (TPSA) is 78.6 Å². The van der Waals surface area contributed by atoms with Gasteiger partial charge in [-0.2, -0.15) is 0 Å². The average Bonchev–Trinajstić information content (AvgIpc) is 3.16. The lowest BCUT2D eigenvalue weighted by molar-refractivity contribution is -0.139. The van der Waals surface area contributed by atoms with Gasteiger partial charge in [0.15, 0.2) is 0 Å². The molecule has 1 atom stereocenters. The fraction of sp³-hybridized carbons (Fsp3) is 0.231. The highest BCUT2D eigenvalue weighted by atomic mass is 16.5. The molecule has 0 saturated carbocycles. The van der Waals surface area contributed by atoms with Crippen LogP contribution in [0.3, 0.4) is 0 Å². The molecule has 3 aromatic carbocycles. The molecule has 0 radical (unpaired) electrons. The van der Waals surface area contributed by atoms with Crippen molar-refractivity contribution < 1.29 is 19.1 Å². The summed E-state index contributed by atoms with van der Waals surface area (Å²) in [5, 5.41) is 0. The van der Waals surface area contributed by atoms with Crippen LogP contribution in [0.25, 0.3) is 11.1 Å². The van der Waals surface area contributed by atoms with Crippen molar-refractivity contribution in [3.63, 3.8) is 0 Å². The van der Waals surface area contributed by atoms with Crippen LogP contribution in [0.5, 0.6) is 5.75 Å². The Kier molecular flexibility index (Phi) is 6.03. The first-order chi connectivity index (χ1) is 15.0. The molecule has 4 rings (SSSR count). The maximum absolute atomic E-state index is 11.8. The van der Waals surface area contributed by atoms with Crippen molar-refractivity contribution in [1.82, 2.24) is 0 Å². The largest absolute Gasteiger partial charge is 0.485 e. The maximum atomic E-state index is 11.8. The van der Waals surface area contributed by atoms with E-state index in [4.69, 9.17) is 15.2 Å². The molecule has 0 aliphatic heterocycles. The van der Waals surface area contributed by atoms with E-state index in [0.29, 0.717) is 5.75 Å². The van der Waals surface area contributed by atoms with Crippen LogP contribution < -0.4 is 10.5 Å². The molecule has 3 aromatic rings. The van der Waals surface area contributed by atoms with Crippen molar-refractivity contribution in [3.8, 4) is 16.9 Å². The third-order valence-corrected chi connectivity index (χ3v) is 5.61. The van der Waals surface area contributed by atoms with Crippen molar-refractivity contribution in [1.29, 1.82) is 0 Å². The molecule has 0 aromatic heterocycles. The minimum Gasteiger partial charge on any atom is -0.485 e. The summed E-state index contributed by atoms with van der Waals surface area (Å²) in [5.74, 6) is 0.0748. The number of ether oxygens (including phenoxy) is 2. The molecular weight excluding hydrogens is 390 g/mol. The van der Waals surface area contributed by atoms with Gasteiger partial charge in [-0.15, -0.1) is 0 Å². The monoisotopic (exact) mass is 415 g/mol. The Morgan fingerprint density at radius 3 is 2.58 bits per heavy atom. The lowest BCUT2D eigenvalue weighted by Crippen LogP contribution is -2.13. The fourth-order valence-electron chi connectivity index (χ4n) is 4.07. The van der Waals surface area contributed by atoms with Gasteiger partial charge < -0.3 is 15.2 Å². The summed E-state index contributed by atoms with van der Waals surface area (Å²) >= 11 is 0. The van der Waals surface area contributed by atoms with Gasteiger partial charge in [-0.25, -0.2) is 0 Å². The number of aryl methyl sites for hydroxylation is 1. The summed E-state index contributed by atoms with van der Waals surface area (Å²) in [4.78, 5) is 23.0. The van der Waals surface area contributed by atoms with E-state index >= 15 is 0 Å². The van der Waals surface area contributed by atoms with E-state index in [-0.39, 0.29) is 30.8 Å². The van der Waals surface area contributed by atoms with Gasteiger partial charge in [-0.05, 0) is 52.8 Å². The van der Waals surface area contributed by atoms with E-state index in [1.807, 2.05) is 48.5 Å². The summed E-state index contributed by atoms with van der Waals surface area (Å²) < 4.78 is 11.2. The normalized spacial score (nSPS) is 14.7. The number of amides is 1. The van der Waals surface area contributed by atoms with Crippen LogP contribution in [0, 0.1) is 0 Å². The first-order valence-electron chi connectivity index (χ1n) is 10.4. The van der Waals surface area contributed by atoms with Crippen molar-refractivity contribution in [2.24, 2.45) is 5.73 Å². The maximum Gasteiger partial charge on any atom is 0.310 e. The van der Waals surface area contributed by atoms with Crippen molar-refractivity contribution >= 4 is 11.9 Å². The lowest BCUT2D eigenvalue weighted by Gasteiger charge is -2.18. The third-order valence-electron chi connectivity index (χ3n) is 5.61. The highest BCUT2D eigenvalue weighted by Gasteiger charge is 2.25. The van der Waals surface area contributed by atoms with Crippen LogP contribution in [0.2, 0.25) is 0 Å². The van der Waals surface area contributed by atoms with Gasteiger partial charge in [0.25, 0.3) is 0 Å². The molecule has 0 fully saturated rings. The molecule has 0 bridgehead atoms. The number of para-hydroxylation sites is 1. The number of fused-ring (bicyclic) bond motifs is 1. The second-order valence-electron chi connectivity index (χ2n) is 7.76. The number of rotatable bonds is 7. The molecule has 1 amide bonds. The molecule has 5 nitrogen and oxygen atoms in total. The zero-order valence-corrected chi connectivity index (χ0v) is 17.5. The fourth-order valence-corrected chi connectivity index (χ4v) is 4.07. The van der Waals surface area contributed by atoms with E-state index in [1.54, 1.807) is 0 Å². The van der Waals surface area contributed by atoms with Crippen LogP contribution in [-0.4, -0.2) is 19.0 Å². The minimum atomic E-state index is -0.342. The first kappa shape index (κ1) is 20.7. The minimum absolute atomic E-state index is 0.0810. The Bertz CT molecular complexity index is 1120. The Hall–Kier alpha value is -3.60. The number of carbonyl (C=O) groups excluding carboxylic acids is 2. The van der Waals surface area contributed by atoms with Crippen LogP contribution >= 0.6 is 0 Å². The van der Waals surface area contributed by atoms with Gasteiger partial charge >= 0.3 is 5.97 Å². The molecule has 1 aliphatic rings. The van der Waals surface area contributed by atoms with E-state index in [1.165, 1.54) is 12.7 Å². The molecule has 0 heterocycles. The zero-order valence-electron chi connectivity index (χ0n) is 17.5. The van der Waals surface area contributed by atoms with Crippen molar-refractivity contribution in [3.05, 3.63) is 89.0 Å². The van der Waals surface area contributed by atoms with Crippen molar-refractivity contribution in [2.45, 2.75) is 31.8 Å². The molecule has 0 saturated heterocycles. The summed E-state index contributed by atoms with van der Waals surface area (Å²) in [7, 11) is 1.39. The Morgan fingerprint density at radius 1 is 0.968 bits per heavy atom. The number of carbonyl (C=O) groups is 2. The molecule has 158 valence electrons. The highest BCUT2D eigenvalue weighted by Crippen LogP contribution is 2.38. The molecule has 1 aliphatic carbocycles. The standard InChI is InChI=1S/C26H25NO4/c1-30-26(29)16-21-6-2-3-8-23(21)31-24-12-11-18-9-10-20(15-22(18)24)19-7-4-5-17(13-19)14-25(27)28/h2-10,13,15,24H,11-12,14,16H2,1H3,(H2,27,28). The number of benzene rings is 3. The summed E-state index contributed by atoms with van der Waals surface area (Å²) in [6.45, 7) is 0. The van der Waals surface area contributed by atoms with Gasteiger partial charge in [-0.3, -0.25) is 9.59 Å². The zero-order chi connectivity index (χ0) is 21.8. The molecule has 31 heavy (non-hydrogen) atoms. The number of esters is 1. The van der Waals surface area contributed by atoms with Crippen LogP contribution in [0.15, 0.2) is 66.7 Å². The quantitative estimate of drug-likeness (QED) is 0.588. The van der Waals surface area contributed by atoms with Crippen LogP contribution in [0.4, 0.5) is 0 Å². The SMILES string of the molecule is COC(=O)Cc1ccccc1OC1CCc2ccc(-c3cccc(CC(N)=O)c3)cc21. The second kappa shape index (κ2) is 9.04. The Labute approximate surface area is 181 Å². The van der Waals surface area contributed by atoms with E-state index in [0.717, 1.165) is 40.7 Å². The molecule has 2 N–H and O–H groups in total. The number of methoxy groups -OCH3 is 1. The van der Waals surface area contributed by atoms with E-state index in [2.05, 4.69) is 18.2 Å². The number of primary amides is 1. The van der Waals surface area contributed by atoms with Gasteiger partial charge in [0.1, 0.15) is 11.9 Å². The van der Waals surface area contributed by atoms with E-state index in [9.17, 15) is 9.59 Å². The molecule has 0 spiro atoms. The number of hydrogen-bond acceptors (Lipinski definition) is 4. The lowest BCUT2D eigenvalue weighted by atomic mass is 9.98. The average molecular weight is 415 g/mol. The number of nitrogens with two attached hydrogens (primary N) is 1. The highest BCUT2D eigenvalue weighted by molar-refractivity contribution is 5.77. The molecule has 5 heteroatoms. The smallest absolute Gasteiger partial charge is 0.310 e. The third kappa shape index (κ3) is 4.77. The predicted molar refractivity (Wildman–Crippen MR) is 119 cm³/mol. The van der Waals surface area contributed by atoms with Gasteiger partial charge in [0.2, 0.25) is 5.91 Å². The molecular formula is C26H25NO4.